The van der Waals surface area contributed by atoms with E-state index in [1.54, 1.807) is 11.1 Å². The molecule has 312 valence electrons. The second kappa shape index (κ2) is 17.4. The lowest BCUT2D eigenvalue weighted by molar-refractivity contribution is -0.136. The largest absolute Gasteiger partial charge is 0.456 e. The zero-order chi connectivity index (χ0) is 42.0. The maximum absolute atomic E-state index is 13.6. The fourth-order valence-electron chi connectivity index (χ4n) is 8.28. The molecule has 15 heteroatoms. The number of likely N-dealkylation sites (tertiary alicyclic amines) is 1. The number of aryl methyl sites for hydroxylation is 2. The van der Waals surface area contributed by atoms with Gasteiger partial charge in [-0.2, -0.15) is 0 Å². The molecule has 3 aromatic heterocycles. The number of carbonyl (C=O) groups is 4. The molecule has 1 aliphatic heterocycles. The summed E-state index contributed by atoms with van der Waals surface area (Å²) in [6.07, 6.45) is 6.36. The van der Waals surface area contributed by atoms with Gasteiger partial charge >= 0.3 is 12.2 Å². The van der Waals surface area contributed by atoms with E-state index in [1.807, 2.05) is 57.8 Å². The minimum Gasteiger partial charge on any atom is -0.456 e. The van der Waals surface area contributed by atoms with Gasteiger partial charge in [0.1, 0.15) is 35.1 Å². The van der Waals surface area contributed by atoms with Crippen LogP contribution in [0.3, 0.4) is 0 Å². The number of aromatic nitrogens is 4. The molecule has 1 fully saturated rings. The Morgan fingerprint density at radius 1 is 0.898 bits per heavy atom. The van der Waals surface area contributed by atoms with Crippen molar-refractivity contribution in [3.63, 3.8) is 0 Å². The standard InChI is InChI=1S/C44H54N8O7/c1-8-17-51(41(53)37(24(2)3)49-43(55)57-6)23-36-45-21-32(47-36)27-12-14-29-26(19-27)11-15-30-31-20-28(13-16-35(31)59-39(29)30)33-22-46-40(48-33)34-10-9-18-52(34)42(54)38(25(4)5)50-44(56)58-7/h12-14,16,19-22,24-25,34,37-38H,8-11,15,17-18,23H2,1-7H3,(H,45,47)(H,46,48)(H,49,55)(H,50,56). The number of benzene rings is 2. The van der Waals surface area contributed by atoms with Gasteiger partial charge in [-0.3, -0.25) is 9.59 Å². The fraction of sp³-hybridized carbons (Fsp3) is 0.455. The first-order chi connectivity index (χ1) is 28.4. The van der Waals surface area contributed by atoms with E-state index >= 15 is 0 Å². The number of fused-ring (bicyclic) bond motifs is 5. The van der Waals surface area contributed by atoms with Gasteiger partial charge in [0.2, 0.25) is 11.8 Å². The van der Waals surface area contributed by atoms with E-state index in [0.717, 1.165) is 82.5 Å². The first kappa shape index (κ1) is 41.1. The summed E-state index contributed by atoms with van der Waals surface area (Å²) in [5, 5.41) is 6.45. The summed E-state index contributed by atoms with van der Waals surface area (Å²) < 4.78 is 16.1. The number of H-pyrrole nitrogens is 2. The van der Waals surface area contributed by atoms with Gasteiger partial charge in [0.05, 0.1) is 50.6 Å². The van der Waals surface area contributed by atoms with Crippen LogP contribution in [0, 0.1) is 11.8 Å². The molecule has 0 spiro atoms. The molecule has 4 amide bonds. The van der Waals surface area contributed by atoms with Gasteiger partial charge < -0.3 is 44.3 Å². The van der Waals surface area contributed by atoms with Gasteiger partial charge in [-0.25, -0.2) is 19.6 Å². The summed E-state index contributed by atoms with van der Waals surface area (Å²) in [6, 6.07) is 10.9. The van der Waals surface area contributed by atoms with E-state index in [9.17, 15) is 19.2 Å². The van der Waals surface area contributed by atoms with Crippen molar-refractivity contribution in [3.8, 4) is 33.8 Å². The highest BCUT2D eigenvalue weighted by Gasteiger charge is 2.38. The number of alkyl carbamates (subject to hydrolysis) is 2. The van der Waals surface area contributed by atoms with Crippen molar-refractivity contribution in [2.45, 2.75) is 91.4 Å². The van der Waals surface area contributed by atoms with Gasteiger partial charge in [0.15, 0.2) is 0 Å². The monoisotopic (exact) mass is 806 g/mol. The Labute approximate surface area is 343 Å². The molecule has 0 saturated carbocycles. The molecule has 15 nitrogen and oxygen atoms in total. The van der Waals surface area contributed by atoms with Crippen molar-refractivity contribution in [3.05, 3.63) is 71.6 Å². The highest BCUT2D eigenvalue weighted by atomic mass is 16.5. The Bertz CT molecular complexity index is 2340. The molecule has 0 radical (unpaired) electrons. The van der Waals surface area contributed by atoms with Crippen molar-refractivity contribution in [1.82, 2.24) is 40.4 Å². The molecule has 1 aliphatic carbocycles. The van der Waals surface area contributed by atoms with Gasteiger partial charge in [0, 0.05) is 35.2 Å². The maximum atomic E-state index is 13.6. The lowest BCUT2D eigenvalue weighted by Crippen LogP contribution is -2.51. The number of methoxy groups -OCH3 is 2. The quantitative estimate of drug-likeness (QED) is 0.0959. The first-order valence-electron chi connectivity index (χ1n) is 20.5. The summed E-state index contributed by atoms with van der Waals surface area (Å²) in [5.74, 6) is 1.67. The van der Waals surface area contributed by atoms with E-state index in [0.29, 0.717) is 24.7 Å². The highest BCUT2D eigenvalue weighted by molar-refractivity contribution is 5.93. The van der Waals surface area contributed by atoms with E-state index in [-0.39, 0.29) is 36.2 Å². The van der Waals surface area contributed by atoms with Crippen LogP contribution in [0.2, 0.25) is 0 Å². The zero-order valence-electron chi connectivity index (χ0n) is 34.8. The normalized spacial score (nSPS) is 15.8. The molecular formula is C44H54N8O7. The maximum Gasteiger partial charge on any atom is 0.407 e. The van der Waals surface area contributed by atoms with Gasteiger partial charge in [-0.05, 0) is 79.3 Å². The number of furan rings is 1. The smallest absolute Gasteiger partial charge is 0.407 e. The molecule has 59 heavy (non-hydrogen) atoms. The van der Waals surface area contributed by atoms with Crippen LogP contribution >= 0.6 is 0 Å². The van der Waals surface area contributed by atoms with Crippen LogP contribution in [0.4, 0.5) is 9.59 Å². The van der Waals surface area contributed by atoms with Crippen LogP contribution in [-0.4, -0.2) is 93.1 Å². The average Bonchev–Trinajstić information content (AvgIpc) is 4.07. The Balaban J connectivity index is 1.08. The number of nitrogens with zero attached hydrogens (tertiary/aromatic N) is 4. The van der Waals surface area contributed by atoms with Crippen molar-refractivity contribution in [2.24, 2.45) is 11.8 Å². The predicted molar refractivity (Wildman–Crippen MR) is 222 cm³/mol. The SMILES string of the molecule is CCCN(Cc1ncc(-c2ccc3c(c2)CCc2c-3oc3ccc(-c4cnc(C5CCCN5C(=O)C(NC(=O)OC)C(C)C)[nH]4)cc23)[nH]1)C(=O)C(NC(=O)OC)C(C)C. The third-order valence-electron chi connectivity index (χ3n) is 11.4. The summed E-state index contributed by atoms with van der Waals surface area (Å²) in [4.78, 5) is 71.0. The summed E-state index contributed by atoms with van der Waals surface area (Å²) in [7, 11) is 2.57. The van der Waals surface area contributed by atoms with E-state index in [4.69, 9.17) is 18.9 Å². The molecule has 1 saturated heterocycles. The molecule has 5 aromatic rings. The summed E-state index contributed by atoms with van der Waals surface area (Å²) in [5.41, 5.74) is 7.87. The number of hydrogen-bond donors (Lipinski definition) is 4. The topological polar surface area (TPSA) is 188 Å². The van der Waals surface area contributed by atoms with Crippen LogP contribution in [-0.2, 0) is 38.4 Å². The van der Waals surface area contributed by atoms with E-state index < -0.39 is 24.3 Å². The third kappa shape index (κ3) is 8.41. The van der Waals surface area contributed by atoms with Crippen molar-refractivity contribution in [2.75, 3.05) is 27.3 Å². The van der Waals surface area contributed by atoms with Crippen LogP contribution in [0.1, 0.15) is 82.7 Å². The Kier molecular flexibility index (Phi) is 12.1. The van der Waals surface area contributed by atoms with Crippen molar-refractivity contribution < 1.29 is 33.1 Å². The minimum absolute atomic E-state index is 0.114. The number of imidazole rings is 2. The van der Waals surface area contributed by atoms with Crippen LogP contribution in [0.15, 0.2) is 53.2 Å². The molecule has 2 aliphatic rings. The van der Waals surface area contributed by atoms with E-state index in [1.165, 1.54) is 19.8 Å². The van der Waals surface area contributed by atoms with Crippen LogP contribution in [0.5, 0.6) is 0 Å². The number of hydrogen-bond acceptors (Lipinski definition) is 9. The second-order valence-electron chi connectivity index (χ2n) is 16.1. The van der Waals surface area contributed by atoms with Crippen molar-refractivity contribution >= 4 is 35.0 Å². The number of carbonyl (C=O) groups excluding carboxylic acids is 4. The average molecular weight is 807 g/mol. The summed E-state index contributed by atoms with van der Waals surface area (Å²) >= 11 is 0. The Hall–Kier alpha value is -6.12. The second-order valence-corrected chi connectivity index (χ2v) is 16.1. The Morgan fingerprint density at radius 2 is 1.58 bits per heavy atom. The molecule has 2 aromatic carbocycles. The molecular weight excluding hydrogens is 753 g/mol. The van der Waals surface area contributed by atoms with E-state index in [2.05, 4.69) is 49.9 Å². The molecule has 0 bridgehead atoms. The van der Waals surface area contributed by atoms with Crippen molar-refractivity contribution in [1.29, 1.82) is 0 Å². The molecule has 3 unspecified atom stereocenters. The summed E-state index contributed by atoms with van der Waals surface area (Å²) in [6.45, 7) is 11.0. The van der Waals surface area contributed by atoms with Gasteiger partial charge in [-0.15, -0.1) is 0 Å². The highest BCUT2D eigenvalue weighted by Crippen LogP contribution is 2.42. The lowest BCUT2D eigenvalue weighted by Gasteiger charge is -2.30. The van der Waals surface area contributed by atoms with Crippen LogP contribution < -0.4 is 10.6 Å². The number of aromatic amines is 2. The fourth-order valence-corrected chi connectivity index (χ4v) is 8.28. The number of ether oxygens (including phenoxy) is 2. The molecule has 4 heterocycles. The van der Waals surface area contributed by atoms with Gasteiger partial charge in [0.25, 0.3) is 0 Å². The van der Waals surface area contributed by atoms with Gasteiger partial charge in [-0.1, -0.05) is 46.8 Å². The number of rotatable bonds is 13. The van der Waals surface area contributed by atoms with Crippen LogP contribution in [0.25, 0.3) is 44.8 Å². The zero-order valence-corrected chi connectivity index (χ0v) is 34.8. The lowest BCUT2D eigenvalue weighted by atomic mass is 9.88. The molecule has 7 rings (SSSR count). The first-order valence-corrected chi connectivity index (χ1v) is 20.5. The third-order valence-corrected chi connectivity index (χ3v) is 11.4. The Morgan fingerprint density at radius 3 is 2.29 bits per heavy atom. The predicted octanol–water partition coefficient (Wildman–Crippen LogP) is 7.14. The number of nitrogens with one attached hydrogen (secondary N) is 4. The molecule has 3 atom stereocenters. The minimum atomic E-state index is -0.716. The molecule has 4 N–H and O–H groups in total. The number of amides is 4.